The lowest BCUT2D eigenvalue weighted by atomic mass is 9.99. The summed E-state index contributed by atoms with van der Waals surface area (Å²) in [7, 11) is 0. The fourth-order valence-electron chi connectivity index (χ4n) is 4.54. The lowest BCUT2D eigenvalue weighted by Crippen LogP contribution is -2.25. The Balaban J connectivity index is 1.27. The largest absolute Gasteiger partial charge is 0.382 e. The topological polar surface area (TPSA) is 96.7 Å². The van der Waals surface area contributed by atoms with Gasteiger partial charge in [0.25, 0.3) is 5.91 Å². The molecule has 0 fully saturated rings. The van der Waals surface area contributed by atoms with Crippen LogP contribution in [0.4, 0.5) is 5.82 Å². The molecule has 1 aromatic heterocycles. The van der Waals surface area contributed by atoms with Crippen molar-refractivity contribution in [3.63, 3.8) is 0 Å². The Labute approximate surface area is 186 Å². The quantitative estimate of drug-likeness (QED) is 0.461. The van der Waals surface area contributed by atoms with Gasteiger partial charge in [-0.25, -0.2) is 4.68 Å². The van der Waals surface area contributed by atoms with E-state index in [-0.39, 0.29) is 5.91 Å². The van der Waals surface area contributed by atoms with Crippen LogP contribution in [-0.4, -0.2) is 22.2 Å². The minimum absolute atomic E-state index is 0.0737. The first kappa shape index (κ1) is 19.8. The zero-order valence-electron chi connectivity index (χ0n) is 17.6. The van der Waals surface area contributed by atoms with E-state index >= 15 is 0 Å². The average molecular weight is 422 g/mol. The molecule has 1 heterocycles. The number of hydrogen-bond acceptors (Lipinski definition) is 4. The van der Waals surface area contributed by atoms with Crippen LogP contribution in [0, 0.1) is 11.3 Å². The van der Waals surface area contributed by atoms with Crippen LogP contribution in [0.25, 0.3) is 16.5 Å². The highest BCUT2D eigenvalue weighted by Gasteiger charge is 2.19. The third kappa shape index (κ3) is 3.38. The van der Waals surface area contributed by atoms with E-state index in [9.17, 15) is 10.1 Å². The van der Waals surface area contributed by atoms with Gasteiger partial charge in [0.15, 0.2) is 0 Å². The number of nitrogen functional groups attached to an aromatic ring is 1. The first-order chi connectivity index (χ1) is 15.7. The molecular weight excluding hydrogens is 398 g/mol. The number of amides is 1. The molecule has 0 saturated heterocycles. The molecule has 6 heteroatoms. The SMILES string of the molecule is N#Cc1c(CCCNC(=O)c2ccc3c4c(cccc24)CC3)nn(-c2ccccc2)c1N. The zero-order chi connectivity index (χ0) is 22.1. The summed E-state index contributed by atoms with van der Waals surface area (Å²) in [5.74, 6) is 0.265. The number of nitrogens with two attached hydrogens (primary N) is 1. The second-order valence-electron chi connectivity index (χ2n) is 8.04. The second-order valence-corrected chi connectivity index (χ2v) is 8.04. The summed E-state index contributed by atoms with van der Waals surface area (Å²) in [5, 5.41) is 19.4. The van der Waals surface area contributed by atoms with E-state index in [2.05, 4.69) is 28.6 Å². The van der Waals surface area contributed by atoms with Crippen LogP contribution in [0.15, 0.2) is 60.7 Å². The van der Waals surface area contributed by atoms with Crippen LogP contribution in [0.5, 0.6) is 0 Å². The van der Waals surface area contributed by atoms with Gasteiger partial charge in [-0.05, 0) is 65.8 Å². The summed E-state index contributed by atoms with van der Waals surface area (Å²) in [6.45, 7) is 0.491. The van der Waals surface area contributed by atoms with Crippen molar-refractivity contribution in [1.29, 1.82) is 5.26 Å². The van der Waals surface area contributed by atoms with Gasteiger partial charge in [0, 0.05) is 12.1 Å². The zero-order valence-corrected chi connectivity index (χ0v) is 17.6. The van der Waals surface area contributed by atoms with Crippen LogP contribution >= 0.6 is 0 Å². The van der Waals surface area contributed by atoms with Crippen molar-refractivity contribution in [2.45, 2.75) is 25.7 Å². The maximum Gasteiger partial charge on any atom is 0.251 e. The van der Waals surface area contributed by atoms with Gasteiger partial charge < -0.3 is 11.1 Å². The second kappa shape index (κ2) is 8.20. The molecule has 6 nitrogen and oxygen atoms in total. The molecular formula is C26H23N5O. The number of nitrogens with zero attached hydrogens (tertiary/aromatic N) is 3. The number of benzene rings is 3. The third-order valence-electron chi connectivity index (χ3n) is 6.10. The molecule has 5 rings (SSSR count). The fraction of sp³-hybridized carbons (Fsp3) is 0.192. The minimum Gasteiger partial charge on any atom is -0.382 e. The number of anilines is 1. The van der Waals surface area contributed by atoms with Gasteiger partial charge in [-0.1, -0.05) is 42.5 Å². The predicted octanol–water partition coefficient (Wildman–Crippen LogP) is 3.94. The summed E-state index contributed by atoms with van der Waals surface area (Å²) >= 11 is 0. The number of rotatable bonds is 6. The Bertz CT molecular complexity index is 1350. The summed E-state index contributed by atoms with van der Waals surface area (Å²) in [6.07, 6.45) is 3.29. The van der Waals surface area contributed by atoms with E-state index < -0.39 is 0 Å². The van der Waals surface area contributed by atoms with E-state index in [1.165, 1.54) is 16.5 Å². The van der Waals surface area contributed by atoms with Crippen molar-refractivity contribution in [2.24, 2.45) is 0 Å². The summed E-state index contributed by atoms with van der Waals surface area (Å²) in [4.78, 5) is 12.9. The smallest absolute Gasteiger partial charge is 0.251 e. The molecule has 0 aliphatic heterocycles. The van der Waals surface area contributed by atoms with Crippen molar-refractivity contribution in [3.05, 3.63) is 88.6 Å². The first-order valence-corrected chi connectivity index (χ1v) is 10.8. The molecule has 3 aromatic carbocycles. The van der Waals surface area contributed by atoms with E-state index in [4.69, 9.17) is 5.73 Å². The Morgan fingerprint density at radius 3 is 2.62 bits per heavy atom. The number of nitriles is 1. The Morgan fingerprint density at radius 2 is 1.84 bits per heavy atom. The number of aromatic nitrogens is 2. The highest BCUT2D eigenvalue weighted by molar-refractivity contribution is 6.09. The number of carbonyl (C=O) groups excluding carboxylic acids is 1. The minimum atomic E-state index is -0.0737. The molecule has 0 unspecified atom stereocenters. The molecule has 1 aliphatic rings. The monoisotopic (exact) mass is 421 g/mol. The maximum atomic E-state index is 12.9. The molecule has 0 radical (unpaired) electrons. The molecule has 0 spiro atoms. The standard InChI is InChI=1S/C26H23N5O/c27-16-22-23(30-31(25(22)28)19-7-2-1-3-8-19)10-5-15-29-26(32)21-14-13-18-12-11-17-6-4-9-20(21)24(17)18/h1-4,6-9,13-14H,5,10-12,15,28H2,(H,29,32). The van der Waals surface area contributed by atoms with Crippen LogP contribution in [0.1, 0.15) is 39.2 Å². The number of hydrogen-bond donors (Lipinski definition) is 2. The number of para-hydroxylation sites is 1. The van der Waals surface area contributed by atoms with Gasteiger partial charge in [-0.15, -0.1) is 0 Å². The molecule has 0 atom stereocenters. The fourth-order valence-corrected chi connectivity index (χ4v) is 4.54. The summed E-state index contributed by atoms with van der Waals surface area (Å²) in [6, 6.07) is 21.9. The normalized spacial score (nSPS) is 12.1. The molecule has 0 bridgehead atoms. The van der Waals surface area contributed by atoms with Crippen LogP contribution in [0.3, 0.4) is 0 Å². The average Bonchev–Trinajstić information content (AvgIpc) is 3.39. The van der Waals surface area contributed by atoms with E-state index in [1.807, 2.05) is 48.5 Å². The number of carbonyl (C=O) groups is 1. The van der Waals surface area contributed by atoms with Crippen molar-refractivity contribution >= 4 is 22.5 Å². The van der Waals surface area contributed by atoms with Crippen molar-refractivity contribution in [1.82, 2.24) is 15.1 Å². The van der Waals surface area contributed by atoms with Gasteiger partial charge in [0.05, 0.1) is 11.4 Å². The Kier molecular flexibility index (Phi) is 5.08. The summed E-state index contributed by atoms with van der Waals surface area (Å²) in [5.41, 5.74) is 11.4. The summed E-state index contributed by atoms with van der Waals surface area (Å²) < 4.78 is 1.60. The molecule has 158 valence electrons. The molecule has 3 N–H and O–H groups in total. The molecule has 1 amide bonds. The van der Waals surface area contributed by atoms with Crippen LogP contribution in [-0.2, 0) is 19.3 Å². The van der Waals surface area contributed by atoms with Crippen molar-refractivity contribution in [3.8, 4) is 11.8 Å². The molecule has 0 saturated carbocycles. The van der Waals surface area contributed by atoms with Gasteiger partial charge in [0.1, 0.15) is 17.5 Å². The third-order valence-corrected chi connectivity index (χ3v) is 6.10. The predicted molar refractivity (Wildman–Crippen MR) is 125 cm³/mol. The number of aryl methyl sites for hydroxylation is 3. The maximum absolute atomic E-state index is 12.9. The van der Waals surface area contributed by atoms with E-state index in [0.29, 0.717) is 42.0 Å². The highest BCUT2D eigenvalue weighted by Crippen LogP contribution is 2.32. The lowest BCUT2D eigenvalue weighted by Gasteiger charge is -2.09. The van der Waals surface area contributed by atoms with Gasteiger partial charge >= 0.3 is 0 Å². The Morgan fingerprint density at radius 1 is 1.06 bits per heavy atom. The first-order valence-electron chi connectivity index (χ1n) is 10.8. The van der Waals surface area contributed by atoms with Gasteiger partial charge in [-0.3, -0.25) is 4.79 Å². The van der Waals surface area contributed by atoms with Crippen LogP contribution < -0.4 is 11.1 Å². The van der Waals surface area contributed by atoms with Crippen LogP contribution in [0.2, 0.25) is 0 Å². The number of nitrogens with one attached hydrogen (secondary N) is 1. The Hall–Kier alpha value is -4.11. The molecule has 4 aromatic rings. The van der Waals surface area contributed by atoms with Crippen molar-refractivity contribution in [2.75, 3.05) is 12.3 Å². The lowest BCUT2D eigenvalue weighted by molar-refractivity contribution is 0.0955. The van der Waals surface area contributed by atoms with E-state index in [0.717, 1.165) is 23.9 Å². The van der Waals surface area contributed by atoms with Crippen molar-refractivity contribution < 1.29 is 4.79 Å². The molecule has 1 aliphatic carbocycles. The highest BCUT2D eigenvalue weighted by atomic mass is 16.1. The van der Waals surface area contributed by atoms with Gasteiger partial charge in [0.2, 0.25) is 0 Å². The van der Waals surface area contributed by atoms with Gasteiger partial charge in [-0.2, -0.15) is 10.4 Å². The van der Waals surface area contributed by atoms with E-state index in [1.54, 1.807) is 4.68 Å². The molecule has 32 heavy (non-hydrogen) atoms.